The first kappa shape index (κ1) is 16.9. The topological polar surface area (TPSA) is 92.1 Å². The lowest BCUT2D eigenvalue weighted by Crippen LogP contribution is -2.37. The van der Waals surface area contributed by atoms with Crippen molar-refractivity contribution in [2.75, 3.05) is 11.4 Å². The summed E-state index contributed by atoms with van der Waals surface area (Å²) in [5, 5.41) is 18.0. The molecule has 8 nitrogen and oxygen atoms in total. The molecule has 28 heavy (non-hydrogen) atoms. The normalized spacial score (nSPS) is 24.9. The second-order valence-corrected chi connectivity index (χ2v) is 7.68. The molecule has 3 aromatic rings. The smallest absolute Gasteiger partial charge is 0.248 e. The Morgan fingerprint density at radius 2 is 2.14 bits per heavy atom. The van der Waals surface area contributed by atoms with E-state index in [0.717, 1.165) is 17.4 Å². The number of hydrogen-bond donors (Lipinski definition) is 0. The van der Waals surface area contributed by atoms with E-state index in [1.807, 2.05) is 6.92 Å². The van der Waals surface area contributed by atoms with E-state index in [4.69, 9.17) is 0 Å². The van der Waals surface area contributed by atoms with Crippen molar-refractivity contribution in [3.63, 3.8) is 0 Å². The summed E-state index contributed by atoms with van der Waals surface area (Å²) in [4.78, 5) is 19.3. The Bertz CT molecular complexity index is 1150. The molecule has 0 aromatic carbocycles. The highest BCUT2D eigenvalue weighted by Crippen LogP contribution is 2.54. The molecular formula is C19H18FN7O. The molecule has 1 amide bonds. The van der Waals surface area contributed by atoms with Gasteiger partial charge in [0.2, 0.25) is 11.9 Å². The third-order valence-electron chi connectivity index (χ3n) is 5.95. The highest BCUT2D eigenvalue weighted by molar-refractivity contribution is 6.04. The van der Waals surface area contributed by atoms with Crippen molar-refractivity contribution in [2.45, 2.75) is 19.8 Å². The zero-order valence-corrected chi connectivity index (χ0v) is 15.5. The van der Waals surface area contributed by atoms with E-state index in [9.17, 15) is 14.4 Å². The monoisotopic (exact) mass is 379 g/mol. The number of fused-ring (bicyclic) bond motifs is 1. The van der Waals surface area contributed by atoms with Crippen LogP contribution in [0.1, 0.15) is 19.8 Å². The Morgan fingerprint density at radius 3 is 2.79 bits per heavy atom. The molecule has 0 bridgehead atoms. The van der Waals surface area contributed by atoms with Crippen molar-refractivity contribution in [1.82, 2.24) is 24.4 Å². The Morgan fingerprint density at radius 1 is 1.36 bits per heavy atom. The van der Waals surface area contributed by atoms with Crippen LogP contribution in [-0.4, -0.2) is 36.8 Å². The fourth-order valence-electron chi connectivity index (χ4n) is 4.35. The standard InChI is InChI=1S/C19H18FN7O/c1-11-8-26(18(28)19(11,10-21)13-3-4-13)14-5-6-22-27-16(20)15(24-17(14)27)12-7-23-25(2)9-12/h5-7,9,11,13H,3-4,8H2,1-2H3/t11-,19+/m1/s1. The van der Waals surface area contributed by atoms with E-state index in [0.29, 0.717) is 17.8 Å². The number of nitrogens with zero attached hydrogens (tertiary/aromatic N) is 7. The van der Waals surface area contributed by atoms with Gasteiger partial charge in [0, 0.05) is 31.3 Å². The van der Waals surface area contributed by atoms with Gasteiger partial charge in [-0.1, -0.05) is 6.92 Å². The molecule has 1 aliphatic heterocycles. The highest BCUT2D eigenvalue weighted by atomic mass is 19.1. The first-order valence-electron chi connectivity index (χ1n) is 9.23. The maximum atomic E-state index is 15.0. The number of anilines is 1. The van der Waals surface area contributed by atoms with Crippen molar-refractivity contribution in [2.24, 2.45) is 24.3 Å². The Labute approximate surface area is 160 Å². The molecule has 0 unspecified atom stereocenters. The van der Waals surface area contributed by atoms with Gasteiger partial charge < -0.3 is 4.90 Å². The Kier molecular flexibility index (Phi) is 3.38. The molecule has 1 aliphatic carbocycles. The highest BCUT2D eigenvalue weighted by Gasteiger charge is 2.61. The van der Waals surface area contributed by atoms with Crippen LogP contribution in [0.2, 0.25) is 0 Å². The SMILES string of the molecule is C[C@@H]1CN(c2ccnn3c(F)c(-c4cnn(C)c4)nc23)C(=O)[C@]1(C#N)C1CC1. The summed E-state index contributed by atoms with van der Waals surface area (Å²) < 4.78 is 17.6. The number of halogens is 1. The second kappa shape index (κ2) is 5.61. The first-order chi connectivity index (χ1) is 13.5. The van der Waals surface area contributed by atoms with Crippen molar-refractivity contribution >= 4 is 17.2 Å². The third-order valence-corrected chi connectivity index (χ3v) is 5.95. The van der Waals surface area contributed by atoms with Crippen LogP contribution in [0.4, 0.5) is 10.1 Å². The molecule has 3 aromatic heterocycles. The maximum Gasteiger partial charge on any atom is 0.248 e. The summed E-state index contributed by atoms with van der Waals surface area (Å²) in [6.45, 7) is 2.34. The van der Waals surface area contributed by atoms with Crippen LogP contribution in [0.5, 0.6) is 0 Å². The minimum Gasteiger partial charge on any atom is -0.307 e. The van der Waals surface area contributed by atoms with E-state index < -0.39 is 11.4 Å². The number of carbonyl (C=O) groups excluding carboxylic acids is 1. The first-order valence-corrected chi connectivity index (χ1v) is 9.23. The van der Waals surface area contributed by atoms with Gasteiger partial charge >= 0.3 is 0 Å². The van der Waals surface area contributed by atoms with Crippen LogP contribution in [-0.2, 0) is 11.8 Å². The van der Waals surface area contributed by atoms with Crippen LogP contribution in [0.3, 0.4) is 0 Å². The summed E-state index contributed by atoms with van der Waals surface area (Å²) in [5.41, 5.74) is 0.378. The number of rotatable bonds is 3. The number of aromatic nitrogens is 5. The minimum absolute atomic E-state index is 0.102. The van der Waals surface area contributed by atoms with E-state index in [-0.39, 0.29) is 29.1 Å². The molecule has 4 heterocycles. The zero-order valence-electron chi connectivity index (χ0n) is 15.5. The average molecular weight is 379 g/mol. The van der Waals surface area contributed by atoms with Gasteiger partial charge in [0.1, 0.15) is 11.1 Å². The quantitative estimate of drug-likeness (QED) is 0.695. The summed E-state index contributed by atoms with van der Waals surface area (Å²) in [6.07, 6.45) is 6.43. The summed E-state index contributed by atoms with van der Waals surface area (Å²) in [6, 6.07) is 3.97. The van der Waals surface area contributed by atoms with Gasteiger partial charge in [-0.05, 0) is 24.8 Å². The predicted molar refractivity (Wildman–Crippen MR) is 97.4 cm³/mol. The maximum absolute atomic E-state index is 15.0. The molecule has 9 heteroatoms. The summed E-state index contributed by atoms with van der Waals surface area (Å²) in [5.74, 6) is -0.837. The number of amides is 1. The number of imidazole rings is 1. The van der Waals surface area contributed by atoms with Gasteiger partial charge in [-0.2, -0.15) is 24.4 Å². The van der Waals surface area contributed by atoms with E-state index in [1.165, 1.54) is 12.4 Å². The Balaban J connectivity index is 1.64. The number of nitriles is 1. The van der Waals surface area contributed by atoms with Crippen LogP contribution in [0, 0.1) is 34.5 Å². The predicted octanol–water partition coefficient (Wildman–Crippen LogP) is 2.17. The van der Waals surface area contributed by atoms with Crippen molar-refractivity contribution in [3.8, 4) is 17.3 Å². The van der Waals surface area contributed by atoms with Crippen LogP contribution < -0.4 is 4.90 Å². The molecule has 5 rings (SSSR count). The van der Waals surface area contributed by atoms with Gasteiger partial charge in [-0.3, -0.25) is 9.48 Å². The van der Waals surface area contributed by atoms with Gasteiger partial charge in [-0.15, -0.1) is 0 Å². The second-order valence-electron chi connectivity index (χ2n) is 7.68. The molecule has 0 N–H and O–H groups in total. The van der Waals surface area contributed by atoms with Crippen LogP contribution in [0.15, 0.2) is 24.7 Å². The van der Waals surface area contributed by atoms with Gasteiger partial charge in [0.15, 0.2) is 5.65 Å². The average Bonchev–Trinajstić information content (AvgIpc) is 3.28. The van der Waals surface area contributed by atoms with Crippen molar-refractivity contribution in [3.05, 3.63) is 30.6 Å². The van der Waals surface area contributed by atoms with Crippen LogP contribution in [0.25, 0.3) is 16.9 Å². The molecule has 2 fully saturated rings. The Hall–Kier alpha value is -3.28. The van der Waals surface area contributed by atoms with Crippen LogP contribution >= 0.6 is 0 Å². The molecule has 0 radical (unpaired) electrons. The lowest BCUT2D eigenvalue weighted by Gasteiger charge is -2.23. The fourth-order valence-corrected chi connectivity index (χ4v) is 4.35. The number of carbonyl (C=O) groups is 1. The molecule has 142 valence electrons. The number of hydrogen-bond acceptors (Lipinski definition) is 5. The van der Waals surface area contributed by atoms with Crippen molar-refractivity contribution in [1.29, 1.82) is 5.26 Å². The fraction of sp³-hybridized carbons (Fsp3) is 0.421. The van der Waals surface area contributed by atoms with Gasteiger partial charge in [0.25, 0.3) is 0 Å². The molecule has 1 saturated heterocycles. The van der Waals surface area contributed by atoms with Crippen molar-refractivity contribution < 1.29 is 9.18 Å². The lowest BCUT2D eigenvalue weighted by molar-refractivity contribution is -0.124. The molecular weight excluding hydrogens is 361 g/mol. The zero-order chi connectivity index (χ0) is 19.6. The molecule has 1 saturated carbocycles. The lowest BCUT2D eigenvalue weighted by atomic mass is 9.75. The third kappa shape index (κ3) is 2.08. The molecule has 0 spiro atoms. The minimum atomic E-state index is -1.00. The van der Waals surface area contributed by atoms with E-state index in [1.54, 1.807) is 28.9 Å². The molecule has 2 atom stereocenters. The number of aryl methyl sites for hydroxylation is 1. The van der Waals surface area contributed by atoms with E-state index in [2.05, 4.69) is 21.3 Å². The van der Waals surface area contributed by atoms with Gasteiger partial charge in [0.05, 0.1) is 24.2 Å². The van der Waals surface area contributed by atoms with E-state index >= 15 is 0 Å². The summed E-state index contributed by atoms with van der Waals surface area (Å²) >= 11 is 0. The summed E-state index contributed by atoms with van der Waals surface area (Å²) in [7, 11) is 1.74. The largest absolute Gasteiger partial charge is 0.307 e. The molecule has 2 aliphatic rings. The van der Waals surface area contributed by atoms with Gasteiger partial charge in [-0.25, -0.2) is 4.98 Å².